The van der Waals surface area contributed by atoms with E-state index in [1.165, 1.54) is 32.0 Å². The average molecular weight is 308 g/mol. The minimum absolute atomic E-state index is 0.476. The molecule has 0 aliphatic rings. The van der Waals surface area contributed by atoms with Gasteiger partial charge in [0.05, 0.1) is 12.5 Å². The van der Waals surface area contributed by atoms with Crippen molar-refractivity contribution in [2.75, 3.05) is 0 Å². The third-order valence-electron chi connectivity index (χ3n) is 2.84. The number of rotatable bonds is 6. The highest BCUT2D eigenvalue weighted by molar-refractivity contribution is 5.71. The Hall–Kier alpha value is -1.63. The zero-order valence-corrected chi connectivity index (χ0v) is 11.5. The van der Waals surface area contributed by atoms with Crippen LogP contribution in [0.2, 0.25) is 0 Å². The van der Waals surface area contributed by atoms with Gasteiger partial charge in [-0.05, 0) is 19.4 Å². The molecule has 0 heterocycles. The Kier molecular flexibility index (Phi) is 5.33. The zero-order valence-electron chi connectivity index (χ0n) is 11.5. The van der Waals surface area contributed by atoms with Gasteiger partial charge in [-0.15, -0.1) is 0 Å². The van der Waals surface area contributed by atoms with E-state index in [0.717, 1.165) is 12.1 Å². The zero-order chi connectivity index (χ0) is 16.3. The van der Waals surface area contributed by atoms with Gasteiger partial charge in [0.1, 0.15) is 0 Å². The van der Waals surface area contributed by atoms with Crippen molar-refractivity contribution < 1.29 is 32.2 Å². The summed E-state index contributed by atoms with van der Waals surface area (Å²) < 4.78 is 57.5. The molecule has 0 saturated heterocycles. The molecule has 7 heteroatoms. The van der Waals surface area contributed by atoms with Crippen LogP contribution in [0.3, 0.4) is 0 Å². The predicted molar refractivity (Wildman–Crippen MR) is 67.1 cm³/mol. The standard InChI is InChI=1S/C14H16F4O3/c1-9(2)21-11(19)8-13(20,14(17,18)12(15)16)10-6-4-3-5-7-10/h3-7,9,12,20H,8H2,1-2H3. The average Bonchev–Trinajstić information content (AvgIpc) is 2.38. The topological polar surface area (TPSA) is 46.5 Å². The second-order valence-electron chi connectivity index (χ2n) is 4.87. The van der Waals surface area contributed by atoms with Crippen LogP contribution < -0.4 is 0 Å². The van der Waals surface area contributed by atoms with Crippen molar-refractivity contribution in [3.8, 4) is 0 Å². The largest absolute Gasteiger partial charge is 0.463 e. The van der Waals surface area contributed by atoms with Gasteiger partial charge < -0.3 is 9.84 Å². The maximum Gasteiger partial charge on any atom is 0.340 e. The maximum atomic E-state index is 13.8. The molecular weight excluding hydrogens is 292 g/mol. The maximum absolute atomic E-state index is 13.8. The first-order valence-electron chi connectivity index (χ1n) is 6.24. The van der Waals surface area contributed by atoms with Crippen LogP contribution in [-0.4, -0.2) is 29.5 Å². The van der Waals surface area contributed by atoms with Crippen LogP contribution in [0.4, 0.5) is 17.6 Å². The number of hydrogen-bond acceptors (Lipinski definition) is 3. The molecule has 1 unspecified atom stereocenters. The van der Waals surface area contributed by atoms with Crippen molar-refractivity contribution in [1.29, 1.82) is 0 Å². The van der Waals surface area contributed by atoms with E-state index in [-0.39, 0.29) is 0 Å². The van der Waals surface area contributed by atoms with Crippen molar-refractivity contribution in [3.05, 3.63) is 35.9 Å². The Morgan fingerprint density at radius 3 is 2.19 bits per heavy atom. The molecule has 0 aliphatic carbocycles. The van der Waals surface area contributed by atoms with E-state index in [1.807, 2.05) is 0 Å². The quantitative estimate of drug-likeness (QED) is 0.649. The molecule has 3 nitrogen and oxygen atoms in total. The summed E-state index contributed by atoms with van der Waals surface area (Å²) in [5.74, 6) is -5.98. The monoisotopic (exact) mass is 308 g/mol. The molecule has 0 bridgehead atoms. The van der Waals surface area contributed by atoms with Crippen molar-refractivity contribution in [2.24, 2.45) is 0 Å². The van der Waals surface area contributed by atoms with Crippen LogP contribution >= 0.6 is 0 Å². The van der Waals surface area contributed by atoms with Crippen molar-refractivity contribution >= 4 is 5.97 Å². The summed E-state index contributed by atoms with van der Waals surface area (Å²) in [7, 11) is 0. The number of aliphatic hydroxyl groups is 1. The van der Waals surface area contributed by atoms with E-state index in [9.17, 15) is 27.5 Å². The fourth-order valence-corrected chi connectivity index (χ4v) is 1.82. The lowest BCUT2D eigenvalue weighted by Gasteiger charge is -2.35. The lowest BCUT2D eigenvalue weighted by Crippen LogP contribution is -2.51. The van der Waals surface area contributed by atoms with E-state index in [0.29, 0.717) is 0 Å². The predicted octanol–water partition coefficient (Wildman–Crippen LogP) is 3.12. The van der Waals surface area contributed by atoms with Crippen LogP contribution in [0.15, 0.2) is 30.3 Å². The summed E-state index contributed by atoms with van der Waals surface area (Å²) in [6, 6.07) is 6.18. The fourth-order valence-electron chi connectivity index (χ4n) is 1.82. The van der Waals surface area contributed by atoms with Crippen LogP contribution in [0.5, 0.6) is 0 Å². The summed E-state index contributed by atoms with van der Waals surface area (Å²) >= 11 is 0. The number of carbonyl (C=O) groups is 1. The Morgan fingerprint density at radius 2 is 1.76 bits per heavy atom. The smallest absolute Gasteiger partial charge is 0.340 e. The summed E-state index contributed by atoms with van der Waals surface area (Å²) in [5, 5.41) is 10.1. The van der Waals surface area contributed by atoms with Gasteiger partial charge >= 0.3 is 18.3 Å². The molecule has 0 aromatic heterocycles. The molecule has 0 fully saturated rings. The highest BCUT2D eigenvalue weighted by atomic mass is 19.3. The number of esters is 1. The van der Waals surface area contributed by atoms with E-state index in [1.54, 1.807) is 0 Å². The van der Waals surface area contributed by atoms with E-state index in [4.69, 9.17) is 0 Å². The van der Waals surface area contributed by atoms with E-state index >= 15 is 0 Å². The summed E-state index contributed by atoms with van der Waals surface area (Å²) in [6.45, 7) is 2.95. The SMILES string of the molecule is CC(C)OC(=O)CC(O)(c1ccccc1)C(F)(F)C(F)F. The molecule has 21 heavy (non-hydrogen) atoms. The number of carbonyl (C=O) groups excluding carboxylic acids is 1. The van der Waals surface area contributed by atoms with Crippen LogP contribution in [0.1, 0.15) is 25.8 Å². The summed E-state index contributed by atoms with van der Waals surface area (Å²) in [6.07, 6.45) is -6.01. The normalized spacial score (nSPS) is 15.1. The number of ether oxygens (including phenoxy) is 1. The van der Waals surface area contributed by atoms with Gasteiger partial charge in [-0.3, -0.25) is 4.79 Å². The molecule has 0 aliphatic heterocycles. The fraction of sp³-hybridized carbons (Fsp3) is 0.500. The molecule has 1 rings (SSSR count). The van der Waals surface area contributed by atoms with Crippen molar-refractivity contribution in [2.45, 2.75) is 44.3 Å². The minimum atomic E-state index is -4.80. The van der Waals surface area contributed by atoms with Gasteiger partial charge in [0, 0.05) is 0 Å². The van der Waals surface area contributed by atoms with Crippen LogP contribution in [-0.2, 0) is 15.1 Å². The minimum Gasteiger partial charge on any atom is -0.463 e. The van der Waals surface area contributed by atoms with Gasteiger partial charge in [-0.1, -0.05) is 30.3 Å². The van der Waals surface area contributed by atoms with Crippen LogP contribution in [0, 0.1) is 0 Å². The molecule has 0 radical (unpaired) electrons. The second kappa shape index (κ2) is 6.43. The highest BCUT2D eigenvalue weighted by Gasteiger charge is 2.61. The molecule has 0 saturated carbocycles. The third kappa shape index (κ3) is 3.72. The molecule has 0 spiro atoms. The Balaban J connectivity index is 3.21. The first-order valence-corrected chi connectivity index (χ1v) is 6.24. The van der Waals surface area contributed by atoms with Gasteiger partial charge in [0.25, 0.3) is 0 Å². The third-order valence-corrected chi connectivity index (χ3v) is 2.84. The summed E-state index contributed by atoms with van der Waals surface area (Å²) in [4.78, 5) is 11.6. The van der Waals surface area contributed by atoms with Gasteiger partial charge in [0.15, 0.2) is 5.60 Å². The molecule has 1 aromatic rings. The van der Waals surface area contributed by atoms with E-state index < -0.39 is 42.0 Å². The highest BCUT2D eigenvalue weighted by Crippen LogP contribution is 2.44. The van der Waals surface area contributed by atoms with Crippen molar-refractivity contribution in [1.82, 2.24) is 0 Å². The van der Waals surface area contributed by atoms with Crippen molar-refractivity contribution in [3.63, 3.8) is 0 Å². The first-order chi connectivity index (χ1) is 9.61. The molecule has 1 aromatic carbocycles. The Morgan fingerprint density at radius 1 is 1.24 bits per heavy atom. The molecule has 0 amide bonds. The van der Waals surface area contributed by atoms with Gasteiger partial charge in [0.2, 0.25) is 0 Å². The van der Waals surface area contributed by atoms with Gasteiger partial charge in [-0.25, -0.2) is 8.78 Å². The number of alkyl halides is 4. The summed E-state index contributed by atoms with van der Waals surface area (Å²) in [5.41, 5.74) is -3.81. The second-order valence-corrected chi connectivity index (χ2v) is 4.87. The number of benzene rings is 1. The molecule has 1 N–H and O–H groups in total. The lowest BCUT2D eigenvalue weighted by atomic mass is 9.84. The molecule has 1 atom stereocenters. The Labute approximate surface area is 119 Å². The van der Waals surface area contributed by atoms with E-state index in [2.05, 4.69) is 4.74 Å². The Bertz CT molecular complexity index is 476. The number of hydrogen-bond donors (Lipinski definition) is 1. The number of halogens is 4. The van der Waals surface area contributed by atoms with Gasteiger partial charge in [-0.2, -0.15) is 8.78 Å². The molecule has 118 valence electrons. The first kappa shape index (κ1) is 17.4. The molecular formula is C14H16F4O3. The lowest BCUT2D eigenvalue weighted by molar-refractivity contribution is -0.252. The van der Waals surface area contributed by atoms with Crippen LogP contribution in [0.25, 0.3) is 0 Å².